The summed E-state index contributed by atoms with van der Waals surface area (Å²) in [6.07, 6.45) is -3.55. The van der Waals surface area contributed by atoms with E-state index >= 15 is 0 Å². The molecule has 0 atom stereocenters. The van der Waals surface area contributed by atoms with Crippen molar-refractivity contribution in [2.24, 2.45) is 7.05 Å². The van der Waals surface area contributed by atoms with Gasteiger partial charge in [-0.15, -0.1) is 10.2 Å². The van der Waals surface area contributed by atoms with Gasteiger partial charge in [0, 0.05) is 56.4 Å². The molecule has 1 N–H and O–H groups in total. The zero-order chi connectivity index (χ0) is 31.3. The molecule has 0 unspecified atom stereocenters. The molecule has 9 nitrogen and oxygen atoms in total. The molecule has 0 spiro atoms. The van der Waals surface area contributed by atoms with E-state index in [1.54, 1.807) is 11.8 Å². The van der Waals surface area contributed by atoms with Gasteiger partial charge in [-0.1, -0.05) is 45.4 Å². The number of rotatable bonds is 7. The van der Waals surface area contributed by atoms with Crippen LogP contribution in [0.2, 0.25) is 0 Å². The van der Waals surface area contributed by atoms with Gasteiger partial charge in [0.25, 0.3) is 0 Å². The number of carboxylic acid groups (broad SMARTS) is 1. The fraction of sp³-hybridized carbons (Fsp3) is 0.731. The first-order valence-electron chi connectivity index (χ1n) is 13.7. The van der Waals surface area contributed by atoms with Crippen LogP contribution >= 0.6 is 11.8 Å². The summed E-state index contributed by atoms with van der Waals surface area (Å²) < 4.78 is 74.2. The predicted octanol–water partition coefficient (Wildman–Crippen LogP) is 5.52. The van der Waals surface area contributed by atoms with Crippen LogP contribution in [-0.4, -0.2) is 85.4 Å². The summed E-state index contributed by atoms with van der Waals surface area (Å²) in [5, 5.41) is 16.9. The van der Waals surface area contributed by atoms with Gasteiger partial charge in [-0.25, -0.2) is 14.8 Å². The van der Waals surface area contributed by atoms with Crippen molar-refractivity contribution in [1.82, 2.24) is 29.6 Å². The molecular weight excluding hydrogens is 588 g/mol. The number of hydrogen-bond acceptors (Lipinski definition) is 8. The molecule has 2 fully saturated rings. The quantitative estimate of drug-likeness (QED) is 0.242. The van der Waals surface area contributed by atoms with Gasteiger partial charge in [0.05, 0.1) is 0 Å². The Kier molecular flexibility index (Phi) is 11.1. The summed E-state index contributed by atoms with van der Waals surface area (Å²) in [5.41, 5.74) is -1.43. The number of anilines is 1. The van der Waals surface area contributed by atoms with Crippen LogP contribution in [0, 0.1) is 0 Å². The van der Waals surface area contributed by atoms with Crippen LogP contribution in [0.5, 0.6) is 0 Å². The van der Waals surface area contributed by atoms with Crippen LogP contribution in [0.3, 0.4) is 0 Å². The van der Waals surface area contributed by atoms with Crippen molar-refractivity contribution in [1.29, 1.82) is 0 Å². The average Bonchev–Trinajstić information content (AvgIpc) is 3.55. The number of carbonyl (C=O) groups is 1. The van der Waals surface area contributed by atoms with Crippen molar-refractivity contribution in [3.63, 3.8) is 0 Å². The minimum Gasteiger partial charge on any atom is -0.475 e. The highest BCUT2D eigenvalue weighted by Gasteiger charge is 2.38. The molecule has 16 heteroatoms. The zero-order valence-electron chi connectivity index (χ0n) is 24.1. The lowest BCUT2D eigenvalue weighted by molar-refractivity contribution is -0.192. The van der Waals surface area contributed by atoms with Gasteiger partial charge >= 0.3 is 18.3 Å². The minimum absolute atomic E-state index is 0.224. The molecule has 1 aliphatic carbocycles. The van der Waals surface area contributed by atoms with Gasteiger partial charge in [-0.3, -0.25) is 4.90 Å². The number of alkyl halides is 6. The molecule has 4 rings (SSSR count). The molecular formula is C26H37F6N7O2S. The van der Waals surface area contributed by atoms with Gasteiger partial charge in [0.2, 0.25) is 0 Å². The number of aliphatic carboxylic acids is 1. The smallest absolute Gasteiger partial charge is 0.475 e. The molecule has 0 amide bonds. The highest BCUT2D eigenvalue weighted by atomic mass is 32.2. The van der Waals surface area contributed by atoms with Crippen molar-refractivity contribution in [2.45, 2.75) is 81.7 Å². The van der Waals surface area contributed by atoms with Gasteiger partial charge in [-0.2, -0.15) is 26.3 Å². The van der Waals surface area contributed by atoms with Crippen LogP contribution in [-0.2, 0) is 23.4 Å². The number of halogens is 6. The highest BCUT2D eigenvalue weighted by molar-refractivity contribution is 7.99. The molecule has 0 radical (unpaired) electrons. The van der Waals surface area contributed by atoms with Crippen molar-refractivity contribution in [2.75, 3.05) is 43.4 Å². The Morgan fingerprint density at radius 3 is 2.12 bits per heavy atom. The van der Waals surface area contributed by atoms with E-state index in [4.69, 9.17) is 9.90 Å². The Labute approximate surface area is 245 Å². The molecule has 236 valence electrons. The number of thioether (sulfide) groups is 1. The standard InChI is InChI=1S/C24H36F3N7S.C2HF3O2/c1-23(2,3)21-28-18(24(25,26)27)16-19(29-21)34-13-11-33(12-14-34)10-7-15-35-22-31-30-20(32(22)4)17-8-5-6-9-17;3-2(4,5)1(6)7/h16-17H,5-15H2,1-4H3;(H,6,7). The normalized spacial score (nSPS) is 17.3. The fourth-order valence-electron chi connectivity index (χ4n) is 4.72. The van der Waals surface area contributed by atoms with Crippen molar-refractivity contribution < 1.29 is 36.2 Å². The maximum Gasteiger partial charge on any atom is 0.490 e. The Morgan fingerprint density at radius 2 is 1.60 bits per heavy atom. The Hall–Kier alpha value is -2.62. The summed E-state index contributed by atoms with van der Waals surface area (Å²) in [4.78, 5) is 21.5. The van der Waals surface area contributed by atoms with Crippen LogP contribution < -0.4 is 4.90 Å². The molecule has 1 saturated carbocycles. The van der Waals surface area contributed by atoms with E-state index in [9.17, 15) is 26.3 Å². The number of carboxylic acids is 1. The van der Waals surface area contributed by atoms with Crippen molar-refractivity contribution in [3.05, 3.63) is 23.4 Å². The SMILES string of the molecule is Cn1c(SCCCN2CCN(c3cc(C(F)(F)F)nc(C(C)(C)C)n3)CC2)nnc1C1CCCC1.O=C(O)C(F)(F)F. The lowest BCUT2D eigenvalue weighted by Gasteiger charge is -2.36. The topological polar surface area (TPSA) is 100 Å². The first-order chi connectivity index (χ1) is 19.5. The monoisotopic (exact) mass is 625 g/mol. The summed E-state index contributed by atoms with van der Waals surface area (Å²) >= 11 is 1.75. The van der Waals surface area contributed by atoms with Crippen LogP contribution in [0.15, 0.2) is 11.2 Å². The van der Waals surface area contributed by atoms with Crippen LogP contribution in [0.4, 0.5) is 32.2 Å². The Balaban J connectivity index is 0.000000616. The predicted molar refractivity (Wildman–Crippen MR) is 146 cm³/mol. The molecule has 1 aliphatic heterocycles. The molecule has 0 bridgehead atoms. The Bertz CT molecular complexity index is 1150. The summed E-state index contributed by atoms with van der Waals surface area (Å²) in [5.74, 6) is 0.475. The van der Waals surface area contributed by atoms with Gasteiger partial charge < -0.3 is 14.6 Å². The van der Waals surface area contributed by atoms with E-state index in [1.165, 1.54) is 25.7 Å². The van der Waals surface area contributed by atoms with E-state index in [0.717, 1.165) is 48.9 Å². The molecule has 0 aromatic carbocycles. The van der Waals surface area contributed by atoms with Crippen molar-refractivity contribution in [3.8, 4) is 0 Å². The van der Waals surface area contributed by atoms with Gasteiger partial charge in [0.15, 0.2) is 5.16 Å². The van der Waals surface area contributed by atoms with E-state index in [1.807, 2.05) is 25.7 Å². The van der Waals surface area contributed by atoms with Crippen LogP contribution in [0.1, 0.15) is 76.1 Å². The lowest BCUT2D eigenvalue weighted by Crippen LogP contribution is -2.47. The Morgan fingerprint density at radius 1 is 1.00 bits per heavy atom. The molecule has 2 aliphatic rings. The number of piperazine rings is 1. The van der Waals surface area contributed by atoms with E-state index in [0.29, 0.717) is 24.8 Å². The summed E-state index contributed by atoms with van der Waals surface area (Å²) in [6, 6.07) is 1.09. The summed E-state index contributed by atoms with van der Waals surface area (Å²) in [7, 11) is 2.07. The second kappa shape index (κ2) is 13.8. The third kappa shape index (κ3) is 9.44. The first kappa shape index (κ1) is 33.9. The first-order valence-corrected chi connectivity index (χ1v) is 14.7. The lowest BCUT2D eigenvalue weighted by atomic mass is 9.95. The number of hydrogen-bond donors (Lipinski definition) is 1. The van der Waals surface area contributed by atoms with E-state index in [2.05, 4.69) is 36.7 Å². The summed E-state index contributed by atoms with van der Waals surface area (Å²) in [6.45, 7) is 9.36. The molecule has 1 saturated heterocycles. The van der Waals surface area contributed by atoms with Crippen LogP contribution in [0.25, 0.3) is 0 Å². The minimum atomic E-state index is -5.08. The van der Waals surface area contributed by atoms with Gasteiger partial charge in [-0.05, 0) is 25.8 Å². The second-order valence-electron chi connectivity index (χ2n) is 11.4. The number of nitrogens with zero attached hydrogens (tertiary/aromatic N) is 7. The second-order valence-corrected chi connectivity index (χ2v) is 12.5. The average molecular weight is 626 g/mol. The highest BCUT2D eigenvalue weighted by Crippen LogP contribution is 2.34. The zero-order valence-corrected chi connectivity index (χ0v) is 24.9. The third-order valence-electron chi connectivity index (χ3n) is 7.05. The van der Waals surface area contributed by atoms with Gasteiger partial charge in [0.1, 0.15) is 23.2 Å². The third-order valence-corrected chi connectivity index (χ3v) is 8.16. The maximum atomic E-state index is 13.4. The van der Waals surface area contributed by atoms with E-state index < -0.39 is 29.4 Å². The largest absolute Gasteiger partial charge is 0.490 e. The maximum absolute atomic E-state index is 13.4. The molecule has 2 aromatic rings. The molecule has 42 heavy (non-hydrogen) atoms. The molecule has 3 heterocycles. The molecule has 2 aromatic heterocycles. The number of aromatic nitrogens is 5. The van der Waals surface area contributed by atoms with E-state index in [-0.39, 0.29) is 5.82 Å². The fourth-order valence-corrected chi connectivity index (χ4v) is 5.56. The van der Waals surface area contributed by atoms with Crippen molar-refractivity contribution >= 4 is 23.5 Å².